The van der Waals surface area contributed by atoms with Gasteiger partial charge in [-0.05, 0) is 96.5 Å². The number of hydrogen-bond acceptors (Lipinski definition) is 1. The van der Waals surface area contributed by atoms with E-state index in [4.69, 9.17) is 0 Å². The van der Waals surface area contributed by atoms with Gasteiger partial charge in [0.15, 0.2) is 0 Å². The van der Waals surface area contributed by atoms with E-state index < -0.39 is 0 Å². The lowest BCUT2D eigenvalue weighted by molar-refractivity contribution is 1.28. The van der Waals surface area contributed by atoms with E-state index in [-0.39, 0.29) is 0 Å². The maximum Gasteiger partial charge on any atom is 0.0540 e. The zero-order valence-corrected chi connectivity index (χ0v) is 27.0. The first-order chi connectivity index (χ1) is 24.3. The van der Waals surface area contributed by atoms with Crippen LogP contribution >= 0.6 is 0 Å². The number of anilines is 3. The van der Waals surface area contributed by atoms with Crippen LogP contribution in [0.1, 0.15) is 0 Å². The van der Waals surface area contributed by atoms with Gasteiger partial charge in [0.25, 0.3) is 0 Å². The van der Waals surface area contributed by atoms with Gasteiger partial charge in [-0.2, -0.15) is 0 Å². The summed E-state index contributed by atoms with van der Waals surface area (Å²) in [4.78, 5) is 2.39. The Morgan fingerprint density at radius 2 is 0.714 bits per heavy atom. The normalized spacial score (nSPS) is 11.3. The molecule has 0 saturated heterocycles. The first-order valence-electron chi connectivity index (χ1n) is 16.8. The molecule has 0 aliphatic heterocycles. The molecular formula is C48H33N. The lowest BCUT2D eigenvalue weighted by Gasteiger charge is -2.28. The van der Waals surface area contributed by atoms with E-state index in [1.165, 1.54) is 65.7 Å². The SMILES string of the molecule is c1ccc(-c2ccc(N(c3ccc(-c4ccccc4)cc3)c3ccccc3-c3ccc4ccc5c6ccccc6ccc5c4c3)cc2)cc1. The zero-order valence-electron chi connectivity index (χ0n) is 27.0. The summed E-state index contributed by atoms with van der Waals surface area (Å²) in [5.74, 6) is 0. The van der Waals surface area contributed by atoms with Crippen LogP contribution in [0, 0.1) is 0 Å². The molecule has 9 aromatic carbocycles. The summed E-state index contributed by atoms with van der Waals surface area (Å²) in [7, 11) is 0. The zero-order chi connectivity index (χ0) is 32.6. The van der Waals surface area contributed by atoms with E-state index in [1.807, 2.05) is 0 Å². The molecule has 0 unspecified atom stereocenters. The van der Waals surface area contributed by atoms with Gasteiger partial charge in [0.05, 0.1) is 5.69 Å². The number of hydrogen-bond donors (Lipinski definition) is 0. The molecule has 0 aromatic heterocycles. The highest BCUT2D eigenvalue weighted by Crippen LogP contribution is 2.43. The van der Waals surface area contributed by atoms with Crippen molar-refractivity contribution in [3.8, 4) is 33.4 Å². The molecule has 0 saturated carbocycles. The third-order valence-corrected chi connectivity index (χ3v) is 9.66. The first kappa shape index (κ1) is 28.8. The van der Waals surface area contributed by atoms with Crippen LogP contribution in [-0.2, 0) is 0 Å². The van der Waals surface area contributed by atoms with Crippen molar-refractivity contribution in [2.75, 3.05) is 4.90 Å². The third-order valence-electron chi connectivity index (χ3n) is 9.66. The van der Waals surface area contributed by atoms with Crippen molar-refractivity contribution in [1.29, 1.82) is 0 Å². The number of rotatable bonds is 6. The average molecular weight is 624 g/mol. The van der Waals surface area contributed by atoms with Gasteiger partial charge in [-0.1, -0.05) is 164 Å². The number of benzene rings is 9. The molecular weight excluding hydrogens is 591 g/mol. The van der Waals surface area contributed by atoms with Gasteiger partial charge in [-0.3, -0.25) is 0 Å². The summed E-state index contributed by atoms with van der Waals surface area (Å²) in [6.45, 7) is 0. The third kappa shape index (κ3) is 5.32. The Kier molecular flexibility index (Phi) is 7.22. The summed E-state index contributed by atoms with van der Waals surface area (Å²) < 4.78 is 0. The second kappa shape index (κ2) is 12.3. The minimum absolute atomic E-state index is 1.11. The van der Waals surface area contributed by atoms with E-state index >= 15 is 0 Å². The van der Waals surface area contributed by atoms with Crippen LogP contribution in [0.15, 0.2) is 200 Å². The summed E-state index contributed by atoms with van der Waals surface area (Å²) in [5, 5.41) is 7.63. The molecule has 0 aliphatic rings. The van der Waals surface area contributed by atoms with Crippen LogP contribution in [-0.4, -0.2) is 0 Å². The molecule has 0 heterocycles. The molecule has 0 N–H and O–H groups in total. The van der Waals surface area contributed by atoms with Crippen molar-refractivity contribution in [1.82, 2.24) is 0 Å². The standard InChI is InChI=1S/C48H33N/c1-3-11-34(12-4-1)36-21-27-41(28-22-36)49(42-29-23-37(24-30-42)35-13-5-2-6-14-35)48-18-10-9-17-44(48)40-20-19-39-26-31-45-43-16-8-7-15-38(43)25-32-46(45)47(39)33-40/h1-33H. The van der Waals surface area contributed by atoms with E-state index in [2.05, 4.69) is 205 Å². The van der Waals surface area contributed by atoms with E-state index in [1.54, 1.807) is 0 Å². The number of fused-ring (bicyclic) bond motifs is 5. The van der Waals surface area contributed by atoms with Gasteiger partial charge in [-0.25, -0.2) is 0 Å². The fourth-order valence-corrected chi connectivity index (χ4v) is 7.19. The van der Waals surface area contributed by atoms with Crippen molar-refractivity contribution in [2.45, 2.75) is 0 Å². The van der Waals surface area contributed by atoms with Crippen LogP contribution in [0.25, 0.3) is 65.7 Å². The molecule has 0 spiro atoms. The molecule has 9 rings (SSSR count). The lowest BCUT2D eigenvalue weighted by Crippen LogP contribution is -2.11. The smallest absolute Gasteiger partial charge is 0.0540 e. The maximum atomic E-state index is 2.39. The van der Waals surface area contributed by atoms with Crippen molar-refractivity contribution in [2.24, 2.45) is 0 Å². The predicted octanol–water partition coefficient (Wildman–Crippen LogP) is 13.6. The van der Waals surface area contributed by atoms with Crippen molar-refractivity contribution in [3.63, 3.8) is 0 Å². The summed E-state index contributed by atoms with van der Waals surface area (Å²) in [5.41, 5.74) is 10.5. The average Bonchev–Trinajstić information content (AvgIpc) is 3.19. The molecule has 1 nitrogen and oxygen atoms in total. The van der Waals surface area contributed by atoms with Crippen LogP contribution in [0.3, 0.4) is 0 Å². The monoisotopic (exact) mass is 623 g/mol. The summed E-state index contributed by atoms with van der Waals surface area (Å²) >= 11 is 0. The largest absolute Gasteiger partial charge is 0.310 e. The molecule has 49 heavy (non-hydrogen) atoms. The summed E-state index contributed by atoms with van der Waals surface area (Å²) in [6.07, 6.45) is 0. The highest BCUT2D eigenvalue weighted by molar-refractivity contribution is 6.17. The molecule has 230 valence electrons. The Morgan fingerprint density at radius 1 is 0.265 bits per heavy atom. The van der Waals surface area contributed by atoms with Gasteiger partial charge in [-0.15, -0.1) is 0 Å². The minimum Gasteiger partial charge on any atom is -0.310 e. The predicted molar refractivity (Wildman–Crippen MR) is 210 cm³/mol. The molecule has 0 atom stereocenters. The van der Waals surface area contributed by atoms with Crippen LogP contribution in [0.5, 0.6) is 0 Å². The fraction of sp³-hybridized carbons (Fsp3) is 0. The highest BCUT2D eigenvalue weighted by Gasteiger charge is 2.18. The molecule has 0 aliphatic carbocycles. The Hall–Kier alpha value is -6.44. The number of nitrogens with zero attached hydrogens (tertiary/aromatic N) is 1. The van der Waals surface area contributed by atoms with Crippen LogP contribution in [0.2, 0.25) is 0 Å². The Balaban J connectivity index is 1.20. The highest BCUT2D eigenvalue weighted by atomic mass is 15.1. The molecule has 1 heteroatoms. The quantitative estimate of drug-likeness (QED) is 0.167. The topological polar surface area (TPSA) is 3.24 Å². The van der Waals surface area contributed by atoms with Gasteiger partial charge in [0, 0.05) is 16.9 Å². The van der Waals surface area contributed by atoms with E-state index in [9.17, 15) is 0 Å². The number of para-hydroxylation sites is 1. The minimum atomic E-state index is 1.11. The fourth-order valence-electron chi connectivity index (χ4n) is 7.19. The Bertz CT molecular complexity index is 2490. The molecule has 0 radical (unpaired) electrons. The molecule has 0 fully saturated rings. The maximum absolute atomic E-state index is 2.39. The van der Waals surface area contributed by atoms with Gasteiger partial charge < -0.3 is 4.90 Å². The molecule has 0 amide bonds. The van der Waals surface area contributed by atoms with Crippen LogP contribution in [0.4, 0.5) is 17.1 Å². The van der Waals surface area contributed by atoms with Crippen molar-refractivity contribution >= 4 is 49.4 Å². The second-order valence-electron chi connectivity index (χ2n) is 12.6. The Labute approximate surface area is 287 Å². The van der Waals surface area contributed by atoms with Crippen molar-refractivity contribution < 1.29 is 0 Å². The van der Waals surface area contributed by atoms with E-state index in [0.29, 0.717) is 0 Å². The van der Waals surface area contributed by atoms with Gasteiger partial charge in [0.2, 0.25) is 0 Å². The molecule has 0 bridgehead atoms. The summed E-state index contributed by atoms with van der Waals surface area (Å²) in [6, 6.07) is 72.4. The van der Waals surface area contributed by atoms with Crippen molar-refractivity contribution in [3.05, 3.63) is 200 Å². The lowest BCUT2D eigenvalue weighted by atomic mass is 9.94. The first-order valence-corrected chi connectivity index (χ1v) is 16.8. The van der Waals surface area contributed by atoms with Crippen LogP contribution < -0.4 is 4.90 Å². The van der Waals surface area contributed by atoms with Gasteiger partial charge in [0.1, 0.15) is 0 Å². The van der Waals surface area contributed by atoms with Gasteiger partial charge >= 0.3 is 0 Å². The Morgan fingerprint density at radius 3 is 1.35 bits per heavy atom. The molecule has 9 aromatic rings. The van der Waals surface area contributed by atoms with E-state index in [0.717, 1.165) is 17.1 Å². The second-order valence-corrected chi connectivity index (χ2v) is 12.6.